The fourth-order valence-corrected chi connectivity index (χ4v) is 4.15. The minimum Gasteiger partial charge on any atom is -0.325 e. The van der Waals surface area contributed by atoms with Gasteiger partial charge >= 0.3 is 0 Å². The molecule has 0 aliphatic rings. The molecule has 178 valence electrons. The van der Waals surface area contributed by atoms with Crippen molar-refractivity contribution in [3.63, 3.8) is 0 Å². The summed E-state index contributed by atoms with van der Waals surface area (Å²) in [7, 11) is 0. The van der Waals surface area contributed by atoms with E-state index in [0.29, 0.717) is 24.1 Å². The number of benzene rings is 2. The first-order valence-corrected chi connectivity index (χ1v) is 12.0. The third-order valence-corrected chi connectivity index (χ3v) is 6.72. The monoisotopic (exact) mass is 479 g/mol. The molecule has 9 heteroatoms. The molecule has 2 aromatic carbocycles. The molecular weight excluding hydrogens is 450 g/mol. The molecule has 0 fully saturated rings. The van der Waals surface area contributed by atoms with Crippen LogP contribution in [0.4, 0.5) is 11.4 Å². The van der Waals surface area contributed by atoms with E-state index in [2.05, 4.69) is 25.8 Å². The minimum atomic E-state index is -0.464. The van der Waals surface area contributed by atoms with Crippen molar-refractivity contribution in [2.75, 3.05) is 10.6 Å². The summed E-state index contributed by atoms with van der Waals surface area (Å²) >= 11 is 1.15. The second-order valence-corrected chi connectivity index (χ2v) is 9.20. The molecule has 1 heterocycles. The van der Waals surface area contributed by atoms with Crippen LogP contribution in [0.5, 0.6) is 0 Å². The number of nitrogens with zero attached hydrogens (tertiary/aromatic N) is 2. The molecule has 0 aliphatic carbocycles. The molecule has 0 spiro atoms. The number of aryl methyl sites for hydroxylation is 2. The number of H-pyrrole nitrogens is 1. The second-order valence-electron chi connectivity index (χ2n) is 8.01. The Morgan fingerprint density at radius 1 is 1.03 bits per heavy atom. The summed E-state index contributed by atoms with van der Waals surface area (Å²) in [4.78, 5) is 40.4. The Hall–Kier alpha value is -3.46. The standard InChI is InChI=1S/C25H29N5O3S/c1-6-20(23(32)27-18-10-8-9-15(4)16(18)5)34-25-28-24(33)22(29-30-25)17-13-14(3)11-12-19(17)26-21(31)7-2/h8-13,20H,6-7H2,1-5H3,(H,26,31)(H,27,32)(H,28,30,33)/t20-/m0/s1. The van der Waals surface area contributed by atoms with Crippen LogP contribution >= 0.6 is 11.8 Å². The minimum absolute atomic E-state index is 0.104. The van der Waals surface area contributed by atoms with E-state index in [0.717, 1.165) is 34.1 Å². The van der Waals surface area contributed by atoms with Gasteiger partial charge in [0.2, 0.25) is 11.8 Å². The molecule has 0 radical (unpaired) electrons. The largest absolute Gasteiger partial charge is 0.325 e. The SMILES string of the molecule is CCC(=O)Nc1ccc(C)cc1-c1nnc(S[C@@H](CC)C(=O)Nc2cccc(C)c2C)[nH]c1=O. The smallest absolute Gasteiger partial charge is 0.278 e. The van der Waals surface area contributed by atoms with Gasteiger partial charge in [-0.15, -0.1) is 10.2 Å². The Morgan fingerprint density at radius 3 is 2.47 bits per heavy atom. The number of aromatic nitrogens is 3. The van der Waals surface area contributed by atoms with Crippen LogP contribution < -0.4 is 16.2 Å². The maximum atomic E-state index is 12.9. The summed E-state index contributed by atoms with van der Waals surface area (Å²) in [6, 6.07) is 11.1. The Kier molecular flexibility index (Phi) is 8.22. The summed E-state index contributed by atoms with van der Waals surface area (Å²) in [6.07, 6.45) is 0.853. The topological polar surface area (TPSA) is 117 Å². The molecule has 34 heavy (non-hydrogen) atoms. The molecule has 0 saturated carbocycles. The first-order chi connectivity index (χ1) is 16.2. The van der Waals surface area contributed by atoms with E-state index in [-0.39, 0.29) is 22.7 Å². The molecule has 0 saturated heterocycles. The van der Waals surface area contributed by atoms with Crippen molar-refractivity contribution >= 4 is 35.0 Å². The molecule has 0 bridgehead atoms. The van der Waals surface area contributed by atoms with Crippen molar-refractivity contribution in [1.82, 2.24) is 15.2 Å². The zero-order valence-electron chi connectivity index (χ0n) is 20.0. The van der Waals surface area contributed by atoms with E-state index in [1.807, 2.05) is 52.0 Å². The fourth-order valence-electron chi connectivity index (χ4n) is 3.31. The highest BCUT2D eigenvalue weighted by Crippen LogP contribution is 2.27. The summed E-state index contributed by atoms with van der Waals surface area (Å²) in [6.45, 7) is 9.49. The number of thioether (sulfide) groups is 1. The second kappa shape index (κ2) is 11.1. The predicted octanol–water partition coefficient (Wildman–Crippen LogP) is 4.62. The Labute approximate surface area is 203 Å². The molecule has 0 unspecified atom stereocenters. The van der Waals surface area contributed by atoms with Gasteiger partial charge in [0.15, 0.2) is 10.9 Å². The van der Waals surface area contributed by atoms with E-state index < -0.39 is 10.8 Å². The third kappa shape index (κ3) is 5.91. The normalized spacial score (nSPS) is 11.7. The van der Waals surface area contributed by atoms with Crippen LogP contribution in [0.2, 0.25) is 0 Å². The number of anilines is 2. The summed E-state index contributed by atoms with van der Waals surface area (Å²) in [5, 5.41) is 13.9. The number of hydrogen-bond acceptors (Lipinski definition) is 6. The van der Waals surface area contributed by atoms with Crippen molar-refractivity contribution in [2.45, 2.75) is 57.9 Å². The number of hydrogen-bond donors (Lipinski definition) is 3. The molecule has 2 amide bonds. The average Bonchev–Trinajstić information content (AvgIpc) is 2.81. The van der Waals surface area contributed by atoms with Crippen LogP contribution in [-0.4, -0.2) is 32.2 Å². The van der Waals surface area contributed by atoms with Gasteiger partial charge in [-0.05, 0) is 56.5 Å². The molecule has 8 nitrogen and oxygen atoms in total. The van der Waals surface area contributed by atoms with Crippen molar-refractivity contribution in [3.8, 4) is 11.3 Å². The van der Waals surface area contributed by atoms with Crippen LogP contribution in [0.15, 0.2) is 46.3 Å². The summed E-state index contributed by atoms with van der Waals surface area (Å²) < 4.78 is 0. The van der Waals surface area contributed by atoms with E-state index in [4.69, 9.17) is 0 Å². The number of carbonyl (C=O) groups excluding carboxylic acids is 2. The van der Waals surface area contributed by atoms with Crippen molar-refractivity contribution < 1.29 is 9.59 Å². The van der Waals surface area contributed by atoms with Crippen LogP contribution in [-0.2, 0) is 9.59 Å². The fraction of sp³-hybridized carbons (Fsp3) is 0.320. The van der Waals surface area contributed by atoms with Gasteiger partial charge in [-0.3, -0.25) is 19.4 Å². The summed E-state index contributed by atoms with van der Waals surface area (Å²) in [5.41, 5.74) is 4.43. The molecule has 3 aromatic rings. The van der Waals surface area contributed by atoms with Crippen molar-refractivity contribution in [3.05, 3.63) is 63.4 Å². The van der Waals surface area contributed by atoms with Crippen LogP contribution in [0.25, 0.3) is 11.3 Å². The first kappa shape index (κ1) is 25.2. The lowest BCUT2D eigenvalue weighted by molar-refractivity contribution is -0.116. The van der Waals surface area contributed by atoms with E-state index in [1.165, 1.54) is 0 Å². The molecule has 0 aliphatic heterocycles. The van der Waals surface area contributed by atoms with Gasteiger partial charge in [-0.2, -0.15) is 0 Å². The van der Waals surface area contributed by atoms with E-state index in [9.17, 15) is 14.4 Å². The Morgan fingerprint density at radius 2 is 1.79 bits per heavy atom. The number of carbonyl (C=O) groups is 2. The lowest BCUT2D eigenvalue weighted by Gasteiger charge is -2.16. The van der Waals surface area contributed by atoms with Gasteiger partial charge in [-0.25, -0.2) is 0 Å². The number of rotatable bonds is 8. The molecule has 1 aromatic heterocycles. The zero-order chi connectivity index (χ0) is 24.8. The molecule has 3 rings (SSSR count). The highest BCUT2D eigenvalue weighted by molar-refractivity contribution is 8.00. The van der Waals surface area contributed by atoms with Gasteiger partial charge in [-0.1, -0.05) is 49.4 Å². The maximum absolute atomic E-state index is 12.9. The molecule has 1 atom stereocenters. The Balaban J connectivity index is 1.83. The van der Waals surface area contributed by atoms with E-state index in [1.54, 1.807) is 19.1 Å². The van der Waals surface area contributed by atoms with Crippen LogP contribution in [0, 0.1) is 20.8 Å². The van der Waals surface area contributed by atoms with Gasteiger partial charge in [0.05, 0.1) is 10.9 Å². The zero-order valence-corrected chi connectivity index (χ0v) is 20.8. The van der Waals surface area contributed by atoms with Gasteiger partial charge in [0.25, 0.3) is 5.56 Å². The highest BCUT2D eigenvalue weighted by atomic mass is 32.2. The van der Waals surface area contributed by atoms with Crippen molar-refractivity contribution in [1.29, 1.82) is 0 Å². The van der Waals surface area contributed by atoms with Gasteiger partial charge < -0.3 is 10.6 Å². The van der Waals surface area contributed by atoms with E-state index >= 15 is 0 Å². The third-order valence-electron chi connectivity index (χ3n) is 5.48. The Bertz CT molecular complexity index is 1270. The predicted molar refractivity (Wildman–Crippen MR) is 136 cm³/mol. The quantitative estimate of drug-likeness (QED) is 0.406. The number of amides is 2. The van der Waals surface area contributed by atoms with Crippen LogP contribution in [0.3, 0.4) is 0 Å². The van der Waals surface area contributed by atoms with Crippen molar-refractivity contribution in [2.24, 2.45) is 0 Å². The molecule has 3 N–H and O–H groups in total. The number of nitrogens with one attached hydrogen (secondary N) is 3. The summed E-state index contributed by atoms with van der Waals surface area (Å²) in [5.74, 6) is -0.335. The lowest BCUT2D eigenvalue weighted by Crippen LogP contribution is -2.26. The number of aromatic amines is 1. The van der Waals surface area contributed by atoms with Crippen LogP contribution in [0.1, 0.15) is 43.4 Å². The lowest BCUT2D eigenvalue weighted by atomic mass is 10.1. The average molecular weight is 480 g/mol. The highest BCUT2D eigenvalue weighted by Gasteiger charge is 2.21. The van der Waals surface area contributed by atoms with Gasteiger partial charge in [0, 0.05) is 17.7 Å². The first-order valence-electron chi connectivity index (χ1n) is 11.1. The maximum Gasteiger partial charge on any atom is 0.278 e. The van der Waals surface area contributed by atoms with Gasteiger partial charge in [0.1, 0.15) is 0 Å². The molecular formula is C25H29N5O3S.